The van der Waals surface area contributed by atoms with Crippen LogP contribution in [0, 0.1) is 41.5 Å². The van der Waals surface area contributed by atoms with Crippen molar-refractivity contribution in [2.45, 2.75) is 88.8 Å². The van der Waals surface area contributed by atoms with Crippen molar-refractivity contribution in [3.05, 3.63) is 135 Å². The first-order chi connectivity index (χ1) is 26.6. The summed E-state index contributed by atoms with van der Waals surface area (Å²) < 4.78 is 106. The van der Waals surface area contributed by atoms with Crippen molar-refractivity contribution in [1.29, 1.82) is 0 Å². The second-order valence-corrected chi connectivity index (χ2v) is 18.6. The molecule has 3 N–H and O–H groups in total. The van der Waals surface area contributed by atoms with Gasteiger partial charge in [-0.1, -0.05) is 68.4 Å². The van der Waals surface area contributed by atoms with Crippen LogP contribution >= 0.6 is 0 Å². The van der Waals surface area contributed by atoms with Crippen LogP contribution in [0.25, 0.3) is 0 Å². The lowest BCUT2D eigenvalue weighted by Gasteiger charge is -2.30. The smallest absolute Gasteiger partial charge is 0.295 e. The minimum Gasteiger partial charge on any atom is -0.341 e. The number of rotatable bonds is 14. The summed E-state index contributed by atoms with van der Waals surface area (Å²) >= 11 is 0. The molecule has 0 fully saturated rings. The maximum absolute atomic E-state index is 12.8. The van der Waals surface area contributed by atoms with Crippen LogP contribution in [0.2, 0.25) is 0 Å². The third-order valence-corrected chi connectivity index (χ3v) is 13.5. The van der Waals surface area contributed by atoms with E-state index in [1.807, 2.05) is 86.0 Å². The maximum Gasteiger partial charge on any atom is 0.295 e. The van der Waals surface area contributed by atoms with Crippen LogP contribution in [0.4, 0.5) is 22.7 Å². The molecule has 5 rings (SSSR count). The Labute approximate surface area is 337 Å². The summed E-state index contributed by atoms with van der Waals surface area (Å²) in [6.45, 7) is 15.5. The van der Waals surface area contributed by atoms with Crippen LogP contribution < -0.4 is 9.80 Å². The van der Waals surface area contributed by atoms with E-state index < -0.39 is 36.3 Å². The summed E-state index contributed by atoms with van der Waals surface area (Å²) in [7, 11) is -13.6. The fraction of sp³-hybridized carbons (Fsp3) is 0.302. The van der Waals surface area contributed by atoms with Gasteiger partial charge >= 0.3 is 0 Å². The first-order valence-electron chi connectivity index (χ1n) is 18.6. The van der Waals surface area contributed by atoms with Gasteiger partial charge in [0, 0.05) is 41.8 Å². The lowest BCUT2D eigenvalue weighted by Crippen LogP contribution is -2.22. The quantitative estimate of drug-likeness (QED) is 0.0719. The maximum atomic E-state index is 12.8. The molecule has 0 aromatic heterocycles. The van der Waals surface area contributed by atoms with Crippen molar-refractivity contribution >= 4 is 53.1 Å². The zero-order valence-corrected chi connectivity index (χ0v) is 35.8. The van der Waals surface area contributed by atoms with Crippen LogP contribution in [0.15, 0.2) is 99.6 Å². The fourth-order valence-electron chi connectivity index (χ4n) is 8.33. The molecule has 0 heterocycles. The molecule has 0 saturated carbocycles. The van der Waals surface area contributed by atoms with E-state index >= 15 is 0 Å². The number of aryl methyl sites for hydroxylation is 4. The van der Waals surface area contributed by atoms with Crippen molar-refractivity contribution < 1.29 is 38.9 Å². The molecule has 0 aliphatic rings. The Morgan fingerprint density at radius 1 is 0.509 bits per heavy atom. The Morgan fingerprint density at radius 3 is 1.21 bits per heavy atom. The Hall–Kier alpha value is -4.57. The zero-order chi connectivity index (χ0) is 42.2. The second kappa shape index (κ2) is 16.7. The molecule has 5 aromatic carbocycles. The lowest BCUT2D eigenvalue weighted by molar-refractivity contribution is 0.479. The van der Waals surface area contributed by atoms with Crippen molar-refractivity contribution in [1.82, 2.24) is 0 Å². The minimum atomic E-state index is -4.64. The van der Waals surface area contributed by atoms with Gasteiger partial charge in [-0.25, -0.2) is 0 Å². The van der Waals surface area contributed by atoms with Gasteiger partial charge in [-0.3, -0.25) is 13.7 Å². The number of hydrogen-bond acceptors (Lipinski definition) is 8. The van der Waals surface area contributed by atoms with E-state index in [0.29, 0.717) is 63.4 Å². The Kier molecular flexibility index (Phi) is 12.8. The Bertz CT molecular complexity index is 2500. The van der Waals surface area contributed by atoms with E-state index in [4.69, 9.17) is 0 Å². The van der Waals surface area contributed by atoms with Gasteiger partial charge in [0.2, 0.25) is 0 Å². The van der Waals surface area contributed by atoms with E-state index in [1.54, 1.807) is 58.0 Å². The summed E-state index contributed by atoms with van der Waals surface area (Å²) in [6.07, 6.45) is 1.44. The number of benzene rings is 5. The zero-order valence-electron chi connectivity index (χ0n) is 33.4. The molecular formula is C43H50N2O9S3. The lowest BCUT2D eigenvalue weighted by atomic mass is 9.85. The first kappa shape index (κ1) is 43.6. The third-order valence-electron chi connectivity index (χ3n) is 10.3. The molecule has 0 spiro atoms. The van der Waals surface area contributed by atoms with Crippen molar-refractivity contribution in [3.63, 3.8) is 0 Å². The molecule has 304 valence electrons. The van der Waals surface area contributed by atoms with Gasteiger partial charge in [-0.15, -0.1) is 0 Å². The molecule has 0 bridgehead atoms. The van der Waals surface area contributed by atoms with Gasteiger partial charge in [-0.05, 0) is 135 Å². The standard InChI is InChI=1S/C43H50N2O9S3/c1-9-23-44(40-27(3)25-29(5)42(31(40)7)56(49,50)51)35-19-15-33(16-20-35)39(37-13-11-12-14-38(37)55(46,47)48)34-17-21-36(22-18-34)45(24-10-2)41-28(4)26-30(6)43(32(41)8)57(52,53)54/h11-22,25-26,39H,9-10,23-24H2,1-8H3,(H,46,47,48)(H,49,50,51)(H,52,53,54). The molecule has 0 unspecified atom stereocenters. The summed E-state index contributed by atoms with van der Waals surface area (Å²) in [5, 5.41) is 0. The topological polar surface area (TPSA) is 170 Å². The van der Waals surface area contributed by atoms with Gasteiger partial charge in [0.1, 0.15) is 9.79 Å². The summed E-state index contributed by atoms with van der Waals surface area (Å²) in [4.78, 5) is 3.51. The van der Waals surface area contributed by atoms with E-state index in [2.05, 4.69) is 0 Å². The normalized spacial score (nSPS) is 12.3. The number of nitrogens with zero attached hydrogens (tertiary/aromatic N) is 2. The van der Waals surface area contributed by atoms with Gasteiger partial charge in [0.25, 0.3) is 30.4 Å². The molecule has 57 heavy (non-hydrogen) atoms. The molecule has 0 radical (unpaired) electrons. The highest BCUT2D eigenvalue weighted by atomic mass is 32.2. The largest absolute Gasteiger partial charge is 0.341 e. The van der Waals surface area contributed by atoms with E-state index in [1.165, 1.54) is 6.07 Å². The summed E-state index contributed by atoms with van der Waals surface area (Å²) in [6, 6.07) is 24.8. The van der Waals surface area contributed by atoms with Crippen molar-refractivity contribution in [2.75, 3.05) is 22.9 Å². The van der Waals surface area contributed by atoms with Gasteiger partial charge < -0.3 is 9.80 Å². The van der Waals surface area contributed by atoms with E-state index in [0.717, 1.165) is 35.3 Å². The van der Waals surface area contributed by atoms with Crippen LogP contribution in [0.1, 0.15) is 82.7 Å². The van der Waals surface area contributed by atoms with Gasteiger partial charge in [-0.2, -0.15) is 25.3 Å². The minimum absolute atomic E-state index is 0.129. The highest BCUT2D eigenvalue weighted by Crippen LogP contribution is 2.42. The number of anilines is 4. The van der Waals surface area contributed by atoms with Crippen LogP contribution in [0.3, 0.4) is 0 Å². The molecule has 14 heteroatoms. The van der Waals surface area contributed by atoms with Crippen molar-refractivity contribution in [2.24, 2.45) is 0 Å². The second-order valence-electron chi connectivity index (χ2n) is 14.5. The van der Waals surface area contributed by atoms with E-state index in [9.17, 15) is 38.9 Å². The Balaban J connectivity index is 1.67. The van der Waals surface area contributed by atoms with Crippen LogP contribution in [-0.2, 0) is 30.4 Å². The predicted molar refractivity (Wildman–Crippen MR) is 226 cm³/mol. The molecule has 0 amide bonds. The molecule has 0 aliphatic heterocycles. The molecule has 0 atom stereocenters. The fourth-order valence-corrected chi connectivity index (χ4v) is 11.0. The SMILES string of the molecule is CCCN(c1ccc(C(c2ccc(N(CCC)c3c(C)cc(C)c(S(=O)(=O)O)c3C)cc2)c2ccccc2S(=O)(=O)O)cc1)c1c(C)cc(C)c(S(=O)(=O)O)c1C. The van der Waals surface area contributed by atoms with Gasteiger partial charge in [0.05, 0.1) is 4.90 Å². The predicted octanol–water partition coefficient (Wildman–Crippen LogP) is 9.55. The van der Waals surface area contributed by atoms with E-state index in [-0.39, 0.29) is 14.7 Å². The summed E-state index contributed by atoms with van der Waals surface area (Å²) in [5.41, 5.74) is 7.99. The van der Waals surface area contributed by atoms with Crippen LogP contribution in [-0.4, -0.2) is 52.0 Å². The highest BCUT2D eigenvalue weighted by Gasteiger charge is 2.28. The van der Waals surface area contributed by atoms with Gasteiger partial charge in [0.15, 0.2) is 0 Å². The monoisotopic (exact) mass is 834 g/mol. The highest BCUT2D eigenvalue weighted by molar-refractivity contribution is 7.86. The molecule has 0 saturated heterocycles. The first-order valence-corrected chi connectivity index (χ1v) is 22.9. The number of hydrogen-bond donors (Lipinski definition) is 3. The Morgan fingerprint density at radius 2 is 0.877 bits per heavy atom. The summed E-state index contributed by atoms with van der Waals surface area (Å²) in [5.74, 6) is -0.673. The van der Waals surface area contributed by atoms with Crippen LogP contribution in [0.5, 0.6) is 0 Å². The average molecular weight is 835 g/mol. The molecule has 11 nitrogen and oxygen atoms in total. The molecule has 0 aliphatic carbocycles. The third kappa shape index (κ3) is 8.96. The van der Waals surface area contributed by atoms with Crippen molar-refractivity contribution in [3.8, 4) is 0 Å². The molecule has 5 aromatic rings. The molecular weight excluding hydrogens is 785 g/mol. The average Bonchev–Trinajstić information content (AvgIpc) is 3.10.